The minimum Gasteiger partial charge on any atom is -0.251 e. The highest BCUT2D eigenvalue weighted by Crippen LogP contribution is 2.67. The van der Waals surface area contributed by atoms with E-state index in [-0.39, 0.29) is 0 Å². The maximum absolute atomic E-state index is 5.20. The van der Waals surface area contributed by atoms with Crippen molar-refractivity contribution in [2.45, 2.75) is 78.1 Å². The first-order valence-corrected chi connectivity index (χ1v) is 17.1. The average molecular weight is 604 g/mol. The van der Waals surface area contributed by atoms with Crippen molar-refractivity contribution in [1.29, 1.82) is 0 Å². The molecule has 5 heteroatoms. The van der Waals surface area contributed by atoms with Crippen LogP contribution in [0.25, 0.3) is 45.6 Å². The summed E-state index contributed by atoms with van der Waals surface area (Å²) < 4.78 is 0. The third-order valence-corrected chi connectivity index (χ3v) is 12.7. The van der Waals surface area contributed by atoms with Crippen molar-refractivity contribution in [3.8, 4) is 45.6 Å². The van der Waals surface area contributed by atoms with Gasteiger partial charge in [0.15, 0.2) is 0 Å². The molecular weight excluding hydrogens is 562 g/mol. The third-order valence-electron chi connectivity index (χ3n) is 12.7. The van der Waals surface area contributed by atoms with Gasteiger partial charge >= 0.3 is 0 Å². The van der Waals surface area contributed by atoms with E-state index < -0.39 is 0 Å². The normalized spacial score (nSPS) is 27.5. The fourth-order valence-electron chi connectivity index (χ4n) is 9.79. The standard InChI is InChI=1S/C41H41N5/c1-22-26-20-28(40(26,3)4)24-16-18-36(45-38(22)24)34-14-8-12-32(43-34)30-10-7-11-31(42-30)33-13-9-15-35(44-33)37-19-17-25-29-21-27(41(29,5)6)23(2)39(25)46-37/h7-19,22-23,26-29H,20-21H2,1-6H3/t22-,23-,26+,27+,28-,29-/m0/s1. The molecule has 0 spiro atoms. The van der Waals surface area contributed by atoms with Crippen LogP contribution in [0.4, 0.5) is 0 Å². The molecule has 0 aromatic carbocycles. The van der Waals surface area contributed by atoms with Crippen molar-refractivity contribution in [1.82, 2.24) is 24.9 Å². The highest BCUT2D eigenvalue weighted by Gasteiger charge is 2.57. The summed E-state index contributed by atoms with van der Waals surface area (Å²) in [6.07, 6.45) is 2.58. The molecule has 5 aromatic heterocycles. The van der Waals surface area contributed by atoms with E-state index in [0.29, 0.717) is 46.3 Å². The molecule has 6 atom stereocenters. The molecule has 230 valence electrons. The second kappa shape index (κ2) is 9.63. The summed E-state index contributed by atoms with van der Waals surface area (Å²) in [4.78, 5) is 25.6. The van der Waals surface area contributed by atoms with E-state index in [0.717, 1.165) is 45.6 Å². The van der Waals surface area contributed by atoms with Gasteiger partial charge in [-0.2, -0.15) is 0 Å². The van der Waals surface area contributed by atoms with Crippen LogP contribution in [-0.2, 0) is 0 Å². The van der Waals surface area contributed by atoms with E-state index in [9.17, 15) is 0 Å². The van der Waals surface area contributed by atoms with Crippen molar-refractivity contribution in [3.63, 3.8) is 0 Å². The van der Waals surface area contributed by atoms with Gasteiger partial charge in [0.05, 0.1) is 45.6 Å². The summed E-state index contributed by atoms with van der Waals surface area (Å²) in [6, 6.07) is 27.3. The Kier molecular flexibility index (Phi) is 5.87. The lowest BCUT2D eigenvalue weighted by molar-refractivity contribution is -0.00275. The van der Waals surface area contributed by atoms with Crippen LogP contribution in [0.3, 0.4) is 0 Å². The first-order valence-electron chi connectivity index (χ1n) is 17.1. The van der Waals surface area contributed by atoms with Crippen LogP contribution in [0.5, 0.6) is 0 Å². The highest BCUT2D eigenvalue weighted by molar-refractivity contribution is 5.67. The van der Waals surface area contributed by atoms with Crippen LogP contribution in [0, 0.1) is 22.7 Å². The first-order chi connectivity index (χ1) is 22.1. The Bertz CT molecular complexity index is 1900. The van der Waals surface area contributed by atoms with E-state index >= 15 is 0 Å². The number of pyridine rings is 5. The molecule has 2 saturated carbocycles. The molecule has 0 saturated heterocycles. The molecule has 5 aromatic rings. The highest BCUT2D eigenvalue weighted by atomic mass is 14.9. The largest absolute Gasteiger partial charge is 0.251 e. The molecule has 0 N–H and O–H groups in total. The molecule has 0 amide bonds. The van der Waals surface area contributed by atoms with Gasteiger partial charge in [-0.05, 0) is 107 Å². The number of hydrogen-bond donors (Lipinski definition) is 0. The molecule has 11 rings (SSSR count). The van der Waals surface area contributed by atoms with Gasteiger partial charge in [-0.1, -0.05) is 71.9 Å². The molecule has 6 aliphatic rings. The van der Waals surface area contributed by atoms with Gasteiger partial charge in [-0.25, -0.2) is 15.0 Å². The molecule has 4 bridgehead atoms. The van der Waals surface area contributed by atoms with Gasteiger partial charge in [0.1, 0.15) is 0 Å². The summed E-state index contributed by atoms with van der Waals surface area (Å²) in [7, 11) is 0. The second-order valence-electron chi connectivity index (χ2n) is 15.6. The molecule has 2 fully saturated rings. The van der Waals surface area contributed by atoms with Crippen LogP contribution in [0.1, 0.15) is 101 Å². The molecule has 0 radical (unpaired) electrons. The van der Waals surface area contributed by atoms with E-state index in [1.54, 1.807) is 0 Å². The lowest BCUT2D eigenvalue weighted by atomic mass is 9.45. The maximum Gasteiger partial charge on any atom is 0.0894 e. The summed E-state index contributed by atoms with van der Waals surface area (Å²) in [5, 5.41) is 0. The van der Waals surface area contributed by atoms with E-state index in [2.05, 4.69) is 90.1 Å². The van der Waals surface area contributed by atoms with Crippen LogP contribution < -0.4 is 0 Å². The Morgan fingerprint density at radius 1 is 0.435 bits per heavy atom. The van der Waals surface area contributed by atoms with Gasteiger partial charge in [0, 0.05) is 23.2 Å². The Balaban J connectivity index is 1.02. The molecule has 5 heterocycles. The number of rotatable bonds is 4. The fourth-order valence-corrected chi connectivity index (χ4v) is 9.79. The first kappa shape index (κ1) is 28.0. The van der Waals surface area contributed by atoms with Gasteiger partial charge in [-0.15, -0.1) is 0 Å². The fraction of sp³-hybridized carbons (Fsp3) is 0.390. The Morgan fingerprint density at radius 2 is 0.739 bits per heavy atom. The van der Waals surface area contributed by atoms with Crippen molar-refractivity contribution >= 4 is 0 Å². The average Bonchev–Trinajstić information content (AvgIpc) is 3.07. The number of hydrogen-bond acceptors (Lipinski definition) is 5. The molecular formula is C41H41N5. The van der Waals surface area contributed by atoms with E-state index in [4.69, 9.17) is 24.9 Å². The van der Waals surface area contributed by atoms with Gasteiger partial charge in [0.25, 0.3) is 0 Å². The van der Waals surface area contributed by atoms with Crippen LogP contribution in [0.15, 0.2) is 78.9 Å². The summed E-state index contributed by atoms with van der Waals surface area (Å²) in [6.45, 7) is 14.4. The predicted molar refractivity (Wildman–Crippen MR) is 183 cm³/mol. The minimum absolute atomic E-state index is 0.367. The topological polar surface area (TPSA) is 64.5 Å². The predicted octanol–water partition coefficient (Wildman–Crippen LogP) is 9.82. The van der Waals surface area contributed by atoms with Crippen molar-refractivity contribution in [2.75, 3.05) is 0 Å². The Morgan fingerprint density at radius 3 is 1.04 bits per heavy atom. The van der Waals surface area contributed by atoms with Crippen molar-refractivity contribution < 1.29 is 0 Å². The quantitative estimate of drug-likeness (QED) is 0.205. The summed E-state index contributed by atoms with van der Waals surface area (Å²) in [5.74, 6) is 3.59. The second-order valence-corrected chi connectivity index (χ2v) is 15.6. The maximum atomic E-state index is 5.20. The lowest BCUT2D eigenvalue weighted by Crippen LogP contribution is -2.50. The molecule has 6 aliphatic carbocycles. The van der Waals surface area contributed by atoms with Crippen LogP contribution in [0.2, 0.25) is 0 Å². The number of nitrogens with zero attached hydrogens (tertiary/aromatic N) is 5. The zero-order chi connectivity index (χ0) is 31.5. The molecule has 0 unspecified atom stereocenters. The zero-order valence-electron chi connectivity index (χ0n) is 27.6. The van der Waals surface area contributed by atoms with E-state index in [1.165, 1.54) is 35.4 Å². The molecule has 0 aliphatic heterocycles. The monoisotopic (exact) mass is 603 g/mol. The van der Waals surface area contributed by atoms with Crippen molar-refractivity contribution in [2.24, 2.45) is 22.7 Å². The van der Waals surface area contributed by atoms with Gasteiger partial charge in [-0.3, -0.25) is 9.97 Å². The molecule has 46 heavy (non-hydrogen) atoms. The Labute approximate surface area is 272 Å². The summed E-state index contributed by atoms with van der Waals surface area (Å²) in [5.41, 5.74) is 13.1. The lowest BCUT2D eigenvalue weighted by Gasteiger charge is -2.59. The van der Waals surface area contributed by atoms with Crippen molar-refractivity contribution in [3.05, 3.63) is 101 Å². The molecule has 5 nitrogen and oxygen atoms in total. The minimum atomic E-state index is 0.367. The van der Waals surface area contributed by atoms with Crippen LogP contribution >= 0.6 is 0 Å². The van der Waals surface area contributed by atoms with Gasteiger partial charge in [0.2, 0.25) is 0 Å². The summed E-state index contributed by atoms with van der Waals surface area (Å²) >= 11 is 0. The third kappa shape index (κ3) is 3.90. The SMILES string of the molecule is C[C@@H]1c2nc(-c3cccc(-c4cccc(-c5cccc(-c6ccc7c(n6)[C@@H](C)[C@H]6C[C@@H]7C6(C)C)n5)n4)n3)ccc2[C@@H]2C[C@H]1C2(C)C. The van der Waals surface area contributed by atoms with Gasteiger partial charge < -0.3 is 0 Å². The smallest absolute Gasteiger partial charge is 0.0894 e. The van der Waals surface area contributed by atoms with Crippen LogP contribution in [-0.4, -0.2) is 24.9 Å². The Hall–Kier alpha value is -4.25. The van der Waals surface area contributed by atoms with E-state index in [1.807, 2.05) is 30.3 Å². The number of aromatic nitrogens is 5. The zero-order valence-corrected chi connectivity index (χ0v) is 27.6.